The smallest absolute Gasteiger partial charge is 0.307 e. The van der Waals surface area contributed by atoms with Gasteiger partial charge in [-0.2, -0.15) is 0 Å². The molecule has 0 radical (unpaired) electrons. The third kappa shape index (κ3) is 3.83. The maximum atomic E-state index is 12.3. The van der Waals surface area contributed by atoms with E-state index in [-0.39, 0.29) is 30.7 Å². The Morgan fingerprint density at radius 3 is 2.61 bits per heavy atom. The number of methoxy groups -OCH3 is 1. The predicted octanol–water partition coefficient (Wildman–Crippen LogP) is 1.21. The Balaban J connectivity index is 1.84. The lowest BCUT2D eigenvalue weighted by atomic mass is 10.1. The SMILES string of the molecule is COC(=O)CCNC(=O)c1cnc2c(c1)nc(-c1ccc(C(=N)N)cc1)n2C. The van der Waals surface area contributed by atoms with E-state index in [9.17, 15) is 9.59 Å². The fraction of sp³-hybridized carbons (Fsp3) is 0.211. The molecule has 0 bridgehead atoms. The summed E-state index contributed by atoms with van der Waals surface area (Å²) in [7, 11) is 3.14. The molecule has 0 spiro atoms. The molecule has 0 aliphatic carbocycles. The van der Waals surface area contributed by atoms with E-state index in [1.807, 2.05) is 23.7 Å². The first-order valence-corrected chi connectivity index (χ1v) is 8.53. The van der Waals surface area contributed by atoms with Crippen LogP contribution in [0.25, 0.3) is 22.6 Å². The molecule has 3 rings (SSSR count). The minimum Gasteiger partial charge on any atom is -0.469 e. The number of benzene rings is 1. The van der Waals surface area contributed by atoms with Gasteiger partial charge < -0.3 is 20.4 Å². The molecule has 144 valence electrons. The van der Waals surface area contributed by atoms with Crippen LogP contribution in [0.15, 0.2) is 36.5 Å². The Labute approximate surface area is 161 Å². The Bertz CT molecular complexity index is 1060. The number of aromatic nitrogens is 3. The number of hydrogen-bond acceptors (Lipinski definition) is 6. The highest BCUT2D eigenvalue weighted by Crippen LogP contribution is 2.23. The van der Waals surface area contributed by atoms with Crippen LogP contribution in [-0.2, 0) is 16.6 Å². The number of nitrogens with zero attached hydrogens (tertiary/aromatic N) is 3. The Hall–Kier alpha value is -3.75. The van der Waals surface area contributed by atoms with Gasteiger partial charge in [0.05, 0.1) is 19.1 Å². The van der Waals surface area contributed by atoms with Crippen molar-refractivity contribution in [2.45, 2.75) is 6.42 Å². The van der Waals surface area contributed by atoms with E-state index < -0.39 is 0 Å². The fourth-order valence-electron chi connectivity index (χ4n) is 2.74. The second-order valence-corrected chi connectivity index (χ2v) is 6.13. The molecule has 1 amide bonds. The van der Waals surface area contributed by atoms with Crippen LogP contribution in [0.5, 0.6) is 0 Å². The van der Waals surface area contributed by atoms with Gasteiger partial charge in [0.1, 0.15) is 17.2 Å². The predicted molar refractivity (Wildman–Crippen MR) is 104 cm³/mol. The summed E-state index contributed by atoms with van der Waals surface area (Å²) in [6.45, 7) is 0.180. The summed E-state index contributed by atoms with van der Waals surface area (Å²) < 4.78 is 6.37. The highest BCUT2D eigenvalue weighted by Gasteiger charge is 2.14. The monoisotopic (exact) mass is 380 g/mol. The number of hydrogen-bond donors (Lipinski definition) is 3. The normalized spacial score (nSPS) is 10.6. The topological polar surface area (TPSA) is 136 Å². The molecule has 0 saturated heterocycles. The summed E-state index contributed by atoms with van der Waals surface area (Å²) in [6.07, 6.45) is 1.57. The molecule has 9 nitrogen and oxygen atoms in total. The molecule has 9 heteroatoms. The quantitative estimate of drug-likeness (QED) is 0.334. The summed E-state index contributed by atoms with van der Waals surface area (Å²) in [5.74, 6) is -0.0442. The molecule has 1 aromatic carbocycles. The third-order valence-electron chi connectivity index (χ3n) is 4.27. The van der Waals surface area contributed by atoms with Crippen molar-refractivity contribution >= 4 is 28.9 Å². The minimum absolute atomic E-state index is 0.000992. The lowest BCUT2D eigenvalue weighted by molar-refractivity contribution is -0.140. The first-order valence-electron chi connectivity index (χ1n) is 8.53. The van der Waals surface area contributed by atoms with Gasteiger partial charge in [-0.15, -0.1) is 0 Å². The molecule has 0 fully saturated rings. The number of ether oxygens (including phenoxy) is 1. The number of imidazole rings is 1. The van der Waals surface area contributed by atoms with Crippen LogP contribution >= 0.6 is 0 Å². The second kappa shape index (κ2) is 7.87. The maximum absolute atomic E-state index is 12.3. The van der Waals surface area contributed by atoms with Gasteiger partial charge in [0.15, 0.2) is 5.65 Å². The number of amides is 1. The first kappa shape index (κ1) is 19.0. The zero-order valence-corrected chi connectivity index (χ0v) is 15.5. The lowest BCUT2D eigenvalue weighted by Gasteiger charge is -2.04. The molecule has 2 heterocycles. The van der Waals surface area contributed by atoms with E-state index >= 15 is 0 Å². The number of aryl methyl sites for hydroxylation is 1. The number of nitrogen functional groups attached to an aromatic ring is 1. The molecular formula is C19H20N6O3. The molecule has 0 aliphatic rings. The number of fused-ring (bicyclic) bond motifs is 1. The van der Waals surface area contributed by atoms with E-state index in [4.69, 9.17) is 11.1 Å². The number of pyridine rings is 1. The Kier molecular flexibility index (Phi) is 5.35. The molecule has 0 saturated carbocycles. The first-order chi connectivity index (χ1) is 13.4. The van der Waals surface area contributed by atoms with Gasteiger partial charge in [-0.05, 0) is 6.07 Å². The summed E-state index contributed by atoms with van der Waals surface area (Å²) in [4.78, 5) is 32.3. The van der Waals surface area contributed by atoms with E-state index in [2.05, 4.69) is 20.0 Å². The van der Waals surface area contributed by atoms with Gasteiger partial charge in [0.25, 0.3) is 5.91 Å². The molecule has 0 aliphatic heterocycles. The number of carbonyl (C=O) groups is 2. The van der Waals surface area contributed by atoms with Gasteiger partial charge in [-0.1, -0.05) is 24.3 Å². The molecule has 3 aromatic rings. The van der Waals surface area contributed by atoms with Crippen molar-refractivity contribution in [3.8, 4) is 11.4 Å². The van der Waals surface area contributed by atoms with Crippen molar-refractivity contribution in [2.75, 3.05) is 13.7 Å². The fourth-order valence-corrected chi connectivity index (χ4v) is 2.74. The van der Waals surface area contributed by atoms with Crippen LogP contribution in [0.4, 0.5) is 0 Å². The number of nitrogens with two attached hydrogens (primary N) is 1. The maximum Gasteiger partial charge on any atom is 0.307 e. The third-order valence-corrected chi connectivity index (χ3v) is 4.27. The van der Waals surface area contributed by atoms with Crippen LogP contribution in [-0.4, -0.2) is 45.9 Å². The Morgan fingerprint density at radius 1 is 1.25 bits per heavy atom. The zero-order valence-electron chi connectivity index (χ0n) is 15.5. The van der Waals surface area contributed by atoms with Crippen molar-refractivity contribution in [3.63, 3.8) is 0 Å². The zero-order chi connectivity index (χ0) is 20.3. The van der Waals surface area contributed by atoms with E-state index in [1.54, 1.807) is 18.2 Å². The average Bonchev–Trinajstić information content (AvgIpc) is 3.03. The van der Waals surface area contributed by atoms with Crippen LogP contribution in [0.2, 0.25) is 0 Å². The molecule has 0 unspecified atom stereocenters. The van der Waals surface area contributed by atoms with Crippen LogP contribution in [0.3, 0.4) is 0 Å². The highest BCUT2D eigenvalue weighted by atomic mass is 16.5. The Morgan fingerprint density at radius 2 is 1.96 bits per heavy atom. The van der Waals surface area contributed by atoms with Crippen LogP contribution < -0.4 is 11.1 Å². The van der Waals surface area contributed by atoms with Crippen molar-refractivity contribution in [1.29, 1.82) is 5.41 Å². The number of carbonyl (C=O) groups excluding carboxylic acids is 2. The van der Waals surface area contributed by atoms with Gasteiger partial charge in [-0.3, -0.25) is 15.0 Å². The van der Waals surface area contributed by atoms with Gasteiger partial charge in [0, 0.05) is 30.9 Å². The van der Waals surface area contributed by atoms with Gasteiger partial charge in [0.2, 0.25) is 0 Å². The number of amidine groups is 1. The van der Waals surface area contributed by atoms with E-state index in [1.165, 1.54) is 13.3 Å². The highest BCUT2D eigenvalue weighted by molar-refractivity contribution is 5.97. The molecule has 28 heavy (non-hydrogen) atoms. The summed E-state index contributed by atoms with van der Waals surface area (Å²) >= 11 is 0. The van der Waals surface area contributed by atoms with Crippen molar-refractivity contribution in [2.24, 2.45) is 12.8 Å². The van der Waals surface area contributed by atoms with E-state index in [0.717, 1.165) is 5.56 Å². The number of rotatable bonds is 6. The molecule has 0 atom stereocenters. The van der Waals surface area contributed by atoms with Crippen molar-refractivity contribution in [1.82, 2.24) is 19.9 Å². The lowest BCUT2D eigenvalue weighted by Crippen LogP contribution is -2.26. The number of esters is 1. The second-order valence-electron chi connectivity index (χ2n) is 6.13. The summed E-state index contributed by atoms with van der Waals surface area (Å²) in [6, 6.07) is 8.83. The van der Waals surface area contributed by atoms with E-state index in [0.29, 0.717) is 28.1 Å². The van der Waals surface area contributed by atoms with Crippen LogP contribution in [0, 0.1) is 5.41 Å². The van der Waals surface area contributed by atoms with Crippen LogP contribution in [0.1, 0.15) is 22.3 Å². The van der Waals surface area contributed by atoms with Crippen molar-refractivity contribution in [3.05, 3.63) is 47.7 Å². The van der Waals surface area contributed by atoms with Gasteiger partial charge >= 0.3 is 5.97 Å². The number of nitrogens with one attached hydrogen (secondary N) is 2. The standard InChI is InChI=1S/C19H20N6O3/c1-25-17(12-5-3-11(4-6-12)16(20)21)24-14-9-13(10-23-18(14)25)19(27)22-8-7-15(26)28-2/h3-6,9-10H,7-8H2,1-2H3,(H3,20,21)(H,22,27). The molecule has 2 aromatic heterocycles. The summed E-state index contributed by atoms with van der Waals surface area (Å²) in [5.41, 5.74) is 8.53. The van der Waals surface area contributed by atoms with Gasteiger partial charge in [-0.25, -0.2) is 9.97 Å². The molecule has 4 N–H and O–H groups in total. The summed E-state index contributed by atoms with van der Waals surface area (Å²) in [5, 5.41) is 10.1. The largest absolute Gasteiger partial charge is 0.469 e. The average molecular weight is 380 g/mol. The minimum atomic E-state index is -0.390. The van der Waals surface area contributed by atoms with Crippen molar-refractivity contribution < 1.29 is 14.3 Å². The molecular weight excluding hydrogens is 360 g/mol.